The van der Waals surface area contributed by atoms with Gasteiger partial charge in [-0.05, 0) is 38.1 Å². The molecule has 7 unspecified atom stereocenters. The molecule has 0 aliphatic heterocycles. The predicted molar refractivity (Wildman–Crippen MR) is 225 cm³/mol. The first-order valence-electron chi connectivity index (χ1n) is 21.4. The van der Waals surface area contributed by atoms with E-state index in [-0.39, 0.29) is 48.7 Å². The Morgan fingerprint density at radius 1 is 0.700 bits per heavy atom. The molecular weight excluding hydrogens is 617 g/mol. The quantitative estimate of drug-likeness (QED) is 0.0729. The van der Waals surface area contributed by atoms with Gasteiger partial charge in [0.1, 0.15) is 11.6 Å². The Bertz CT molecular complexity index is 736. The molecule has 0 bridgehead atoms. The number of ketones is 2. The minimum atomic E-state index is -0.289. The smallest absolute Gasteiger partial charge is 0.142 e. The van der Waals surface area contributed by atoms with Crippen molar-refractivity contribution in [1.29, 1.82) is 0 Å². The molecule has 302 valence electrons. The average Bonchev–Trinajstić information content (AvgIpc) is 3.11. The summed E-state index contributed by atoms with van der Waals surface area (Å²) in [6, 6.07) is -0.0795. The van der Waals surface area contributed by atoms with Gasteiger partial charge in [-0.25, -0.2) is 0 Å². The van der Waals surface area contributed by atoms with E-state index in [1.165, 1.54) is 83.5 Å². The fourth-order valence-corrected chi connectivity index (χ4v) is 6.52. The SMILES string of the molecule is C.C/C=C\C(NCCC(CC)CCCC)C1C(=O)C(C)C(CNCCOCC(CC)CCCC)C(=O)C1C.CC.CCC.CCCCCCC. The molecule has 0 aromatic carbocycles. The van der Waals surface area contributed by atoms with Crippen LogP contribution in [0.1, 0.15) is 194 Å². The number of hydrogen-bond donors (Lipinski definition) is 2. The first-order chi connectivity index (χ1) is 23.7. The maximum absolute atomic E-state index is 13.6. The van der Waals surface area contributed by atoms with E-state index in [1.54, 1.807) is 0 Å². The number of carbonyl (C=O) groups excluding carboxylic acids is 2. The molecule has 0 heterocycles. The lowest BCUT2D eigenvalue weighted by atomic mass is 9.65. The molecule has 5 nitrogen and oxygen atoms in total. The zero-order valence-electron chi connectivity index (χ0n) is 35.6. The van der Waals surface area contributed by atoms with Gasteiger partial charge in [0.2, 0.25) is 0 Å². The molecule has 50 heavy (non-hydrogen) atoms. The van der Waals surface area contributed by atoms with Crippen molar-refractivity contribution >= 4 is 11.6 Å². The molecule has 0 aromatic rings. The number of unbranched alkanes of at least 4 members (excludes halogenated alkanes) is 6. The Balaban J connectivity index is -0.000000701. The molecule has 1 saturated carbocycles. The summed E-state index contributed by atoms with van der Waals surface area (Å²) in [5.74, 6) is 0.738. The van der Waals surface area contributed by atoms with Crippen molar-refractivity contribution in [1.82, 2.24) is 10.6 Å². The Labute approximate surface area is 316 Å². The molecule has 2 N–H and O–H groups in total. The van der Waals surface area contributed by atoms with Crippen LogP contribution in [-0.2, 0) is 14.3 Å². The van der Waals surface area contributed by atoms with Gasteiger partial charge < -0.3 is 15.4 Å². The van der Waals surface area contributed by atoms with Gasteiger partial charge in [-0.3, -0.25) is 9.59 Å². The zero-order chi connectivity index (χ0) is 37.9. The summed E-state index contributed by atoms with van der Waals surface area (Å²) < 4.78 is 5.90. The van der Waals surface area contributed by atoms with E-state index in [0.717, 1.165) is 31.9 Å². The van der Waals surface area contributed by atoms with Gasteiger partial charge in [0.05, 0.1) is 6.61 Å². The lowest BCUT2D eigenvalue weighted by molar-refractivity contribution is -0.146. The fourth-order valence-electron chi connectivity index (χ4n) is 6.52. The number of allylic oxidation sites excluding steroid dienone is 1. The van der Waals surface area contributed by atoms with Gasteiger partial charge in [-0.2, -0.15) is 0 Å². The molecule has 0 spiro atoms. The van der Waals surface area contributed by atoms with Crippen LogP contribution in [0.4, 0.5) is 0 Å². The van der Waals surface area contributed by atoms with Gasteiger partial charge in [-0.15, -0.1) is 0 Å². The van der Waals surface area contributed by atoms with Crippen molar-refractivity contribution in [2.75, 3.05) is 32.8 Å². The lowest BCUT2D eigenvalue weighted by Crippen LogP contribution is -2.55. The molecule has 5 heteroatoms. The van der Waals surface area contributed by atoms with Crippen LogP contribution in [0, 0.1) is 35.5 Å². The number of Topliss-reactive ketones (excluding diaryl/α,β-unsaturated/α-hetero) is 2. The Morgan fingerprint density at radius 2 is 1.22 bits per heavy atom. The highest BCUT2D eigenvalue weighted by Crippen LogP contribution is 2.35. The van der Waals surface area contributed by atoms with E-state index < -0.39 is 0 Å². The lowest BCUT2D eigenvalue weighted by Gasteiger charge is -2.39. The summed E-state index contributed by atoms with van der Waals surface area (Å²) in [6.45, 7) is 31.2. The Hall–Kier alpha value is -1.04. The second kappa shape index (κ2) is 40.7. The number of carbonyl (C=O) groups is 2. The number of hydrogen-bond acceptors (Lipinski definition) is 5. The number of nitrogens with one attached hydrogen (secondary N) is 2. The third-order valence-electron chi connectivity index (χ3n) is 9.89. The molecule has 0 amide bonds. The molecule has 1 rings (SSSR count). The van der Waals surface area contributed by atoms with E-state index in [9.17, 15) is 9.59 Å². The number of ether oxygens (including phenoxy) is 1. The van der Waals surface area contributed by atoms with Crippen molar-refractivity contribution in [2.45, 2.75) is 200 Å². The molecule has 1 fully saturated rings. The Kier molecular flexibility index (Phi) is 45.4. The third kappa shape index (κ3) is 26.7. The highest BCUT2D eigenvalue weighted by molar-refractivity contribution is 5.99. The second-order valence-electron chi connectivity index (χ2n) is 14.2. The van der Waals surface area contributed by atoms with Crippen LogP contribution in [0.15, 0.2) is 12.2 Å². The van der Waals surface area contributed by atoms with Gasteiger partial charge >= 0.3 is 0 Å². The van der Waals surface area contributed by atoms with E-state index >= 15 is 0 Å². The predicted octanol–water partition coefficient (Wildman–Crippen LogP) is 12.7. The summed E-state index contributed by atoms with van der Waals surface area (Å²) in [5, 5.41) is 7.05. The van der Waals surface area contributed by atoms with Crippen LogP contribution in [0.2, 0.25) is 0 Å². The van der Waals surface area contributed by atoms with E-state index in [2.05, 4.69) is 72.1 Å². The summed E-state index contributed by atoms with van der Waals surface area (Å²) in [6.07, 6.45) is 23.3. The normalized spacial score (nSPS) is 20.3. The summed E-state index contributed by atoms with van der Waals surface area (Å²) in [5.41, 5.74) is 0. The largest absolute Gasteiger partial charge is 0.380 e. The highest BCUT2D eigenvalue weighted by atomic mass is 16.5. The molecular formula is C45H94N2O3. The third-order valence-corrected chi connectivity index (χ3v) is 9.89. The fraction of sp³-hybridized carbons (Fsp3) is 0.911. The summed E-state index contributed by atoms with van der Waals surface area (Å²) >= 11 is 0. The van der Waals surface area contributed by atoms with Gasteiger partial charge in [0.15, 0.2) is 0 Å². The Morgan fingerprint density at radius 3 is 1.70 bits per heavy atom. The van der Waals surface area contributed by atoms with Crippen LogP contribution in [0.3, 0.4) is 0 Å². The van der Waals surface area contributed by atoms with Crippen molar-refractivity contribution in [3.05, 3.63) is 12.2 Å². The monoisotopic (exact) mass is 711 g/mol. The first kappa shape index (κ1) is 55.7. The van der Waals surface area contributed by atoms with E-state index in [0.29, 0.717) is 25.6 Å². The van der Waals surface area contributed by atoms with Crippen molar-refractivity contribution in [2.24, 2.45) is 35.5 Å². The molecule has 0 saturated heterocycles. The summed E-state index contributed by atoms with van der Waals surface area (Å²) in [4.78, 5) is 27.0. The maximum Gasteiger partial charge on any atom is 0.142 e. The highest BCUT2D eigenvalue weighted by Gasteiger charge is 2.47. The summed E-state index contributed by atoms with van der Waals surface area (Å²) in [7, 11) is 0. The van der Waals surface area contributed by atoms with Crippen molar-refractivity contribution in [3.8, 4) is 0 Å². The van der Waals surface area contributed by atoms with Crippen LogP contribution in [0.5, 0.6) is 0 Å². The molecule has 1 aliphatic carbocycles. The van der Waals surface area contributed by atoms with Crippen molar-refractivity contribution < 1.29 is 14.3 Å². The number of rotatable bonds is 25. The van der Waals surface area contributed by atoms with Gasteiger partial charge in [0, 0.05) is 49.4 Å². The van der Waals surface area contributed by atoms with Crippen LogP contribution < -0.4 is 10.6 Å². The average molecular weight is 711 g/mol. The van der Waals surface area contributed by atoms with Crippen molar-refractivity contribution in [3.63, 3.8) is 0 Å². The van der Waals surface area contributed by atoms with Crippen LogP contribution >= 0.6 is 0 Å². The van der Waals surface area contributed by atoms with E-state index in [4.69, 9.17) is 4.74 Å². The second-order valence-corrected chi connectivity index (χ2v) is 14.2. The molecule has 0 radical (unpaired) electrons. The van der Waals surface area contributed by atoms with Gasteiger partial charge in [0.25, 0.3) is 0 Å². The standard InChI is InChI=1S/C32H60N2O3.C7H16.C3H8.C2H6.CH4/c1-8-13-16-26(11-4)18-19-34-29(15-10-3)30-25(7)31(35)28(24(6)32(30)36)22-33-20-21-37-23-27(12-5)17-14-9-2;1-3-5-7-6-4-2;1-3-2;1-2;/h10,15,24-30,33-34H,8-9,11-14,16-23H2,1-7H3;3-7H2,1-2H3;3H2,1-2H3;1-2H3;1H4/b15-10-;;;;. The minimum absolute atomic E-state index is 0. The minimum Gasteiger partial charge on any atom is -0.380 e. The molecule has 7 atom stereocenters. The topological polar surface area (TPSA) is 67.4 Å². The molecule has 0 aromatic heterocycles. The van der Waals surface area contributed by atoms with E-state index in [1.807, 2.05) is 40.7 Å². The first-order valence-corrected chi connectivity index (χ1v) is 21.4. The van der Waals surface area contributed by atoms with Gasteiger partial charge in [-0.1, -0.05) is 186 Å². The zero-order valence-corrected chi connectivity index (χ0v) is 35.6. The molecule has 1 aliphatic rings. The maximum atomic E-state index is 13.6. The van der Waals surface area contributed by atoms with Crippen LogP contribution in [0.25, 0.3) is 0 Å². The van der Waals surface area contributed by atoms with Crippen LogP contribution in [-0.4, -0.2) is 50.5 Å².